The number of carbonyl (C=O) groups is 2. The van der Waals surface area contributed by atoms with E-state index in [1.165, 1.54) is 17.3 Å². The first-order chi connectivity index (χ1) is 14.6. The van der Waals surface area contributed by atoms with Gasteiger partial charge in [0.1, 0.15) is 5.03 Å². The molecule has 0 saturated carbocycles. The number of aromatic amines is 1. The highest BCUT2D eigenvalue weighted by atomic mass is 32.2. The van der Waals surface area contributed by atoms with E-state index in [0.717, 1.165) is 32.4 Å². The highest BCUT2D eigenvalue weighted by Crippen LogP contribution is 2.31. The van der Waals surface area contributed by atoms with Crippen molar-refractivity contribution >= 4 is 45.5 Å². The number of hydrogen-bond donors (Lipinski definition) is 3. The molecule has 30 heavy (non-hydrogen) atoms. The summed E-state index contributed by atoms with van der Waals surface area (Å²) >= 11 is 1.44. The summed E-state index contributed by atoms with van der Waals surface area (Å²) in [5, 5.41) is 16.2. The van der Waals surface area contributed by atoms with Gasteiger partial charge in [-0.15, -0.1) is 16.9 Å². The lowest BCUT2D eigenvalue weighted by molar-refractivity contribution is -0.119. The minimum Gasteiger partial charge on any atom is -0.352 e. The molecule has 3 N–H and O–H groups in total. The van der Waals surface area contributed by atoms with E-state index in [-0.39, 0.29) is 12.3 Å². The third-order valence-electron chi connectivity index (χ3n) is 4.66. The molecule has 0 aliphatic rings. The number of H-pyrrole nitrogens is 1. The van der Waals surface area contributed by atoms with Gasteiger partial charge in [0.2, 0.25) is 5.91 Å². The maximum absolute atomic E-state index is 12.1. The molecule has 8 heteroatoms. The molecule has 152 valence electrons. The fraction of sp³-hybridized carbons (Fsp3) is 0.182. The van der Waals surface area contributed by atoms with Crippen LogP contribution >= 0.6 is 11.8 Å². The molecular formula is C22H21N5O2S. The van der Waals surface area contributed by atoms with Crippen molar-refractivity contribution in [2.24, 2.45) is 0 Å². The van der Waals surface area contributed by atoms with Gasteiger partial charge in [-0.25, -0.2) is 4.79 Å². The predicted molar refractivity (Wildman–Crippen MR) is 118 cm³/mol. The number of aryl methyl sites for hydroxylation is 1. The fourth-order valence-corrected chi connectivity index (χ4v) is 4.06. The number of nitrogens with zero attached hydrogens (tertiary/aromatic N) is 2. The monoisotopic (exact) mass is 419 g/mol. The third-order valence-corrected chi connectivity index (χ3v) is 5.63. The number of carbonyl (C=O) groups excluding carboxylic acids is 2. The summed E-state index contributed by atoms with van der Waals surface area (Å²) in [6, 6.07) is 15.2. The van der Waals surface area contributed by atoms with Gasteiger partial charge in [0.05, 0.1) is 11.7 Å². The number of fused-ring (bicyclic) bond motifs is 3. The minimum atomic E-state index is -0.498. The van der Waals surface area contributed by atoms with Crippen molar-refractivity contribution in [2.75, 3.05) is 5.75 Å². The number of nitrogens with one attached hydrogen (secondary N) is 3. The zero-order valence-electron chi connectivity index (χ0n) is 16.4. The van der Waals surface area contributed by atoms with Crippen LogP contribution in [0, 0.1) is 6.92 Å². The van der Waals surface area contributed by atoms with Crippen LogP contribution in [-0.4, -0.2) is 32.9 Å². The van der Waals surface area contributed by atoms with E-state index >= 15 is 0 Å². The lowest BCUT2D eigenvalue weighted by atomic mass is 10.1. The van der Waals surface area contributed by atoms with E-state index in [4.69, 9.17) is 0 Å². The van der Waals surface area contributed by atoms with Gasteiger partial charge in [0.25, 0.3) is 0 Å². The first kappa shape index (κ1) is 19.9. The zero-order chi connectivity index (χ0) is 20.9. The SMILES string of the molecule is Cc1ccc2[nH]c3c(SCCC(=O)NC(=O)NCc4ccccc4)nncc3c2c1. The molecule has 0 unspecified atom stereocenters. The molecule has 0 bridgehead atoms. The maximum atomic E-state index is 12.1. The summed E-state index contributed by atoms with van der Waals surface area (Å²) in [4.78, 5) is 27.3. The number of urea groups is 1. The maximum Gasteiger partial charge on any atom is 0.321 e. The van der Waals surface area contributed by atoms with Crippen molar-refractivity contribution in [1.29, 1.82) is 0 Å². The highest BCUT2D eigenvalue weighted by molar-refractivity contribution is 7.99. The van der Waals surface area contributed by atoms with Crippen molar-refractivity contribution < 1.29 is 9.59 Å². The van der Waals surface area contributed by atoms with Gasteiger partial charge in [0, 0.05) is 35.0 Å². The molecule has 0 atom stereocenters. The molecule has 4 aromatic rings. The molecule has 0 radical (unpaired) electrons. The van der Waals surface area contributed by atoms with Gasteiger partial charge < -0.3 is 10.3 Å². The number of thioether (sulfide) groups is 1. The molecule has 0 saturated heterocycles. The van der Waals surface area contributed by atoms with E-state index in [0.29, 0.717) is 12.3 Å². The molecule has 3 amide bonds. The van der Waals surface area contributed by atoms with Crippen LogP contribution in [0.2, 0.25) is 0 Å². The van der Waals surface area contributed by atoms with Gasteiger partial charge in [-0.05, 0) is 24.6 Å². The molecular weight excluding hydrogens is 398 g/mol. The highest BCUT2D eigenvalue weighted by Gasteiger charge is 2.12. The van der Waals surface area contributed by atoms with Crippen LogP contribution in [0.3, 0.4) is 0 Å². The largest absolute Gasteiger partial charge is 0.352 e. The van der Waals surface area contributed by atoms with Gasteiger partial charge in [-0.3, -0.25) is 10.1 Å². The van der Waals surface area contributed by atoms with E-state index < -0.39 is 6.03 Å². The van der Waals surface area contributed by atoms with Gasteiger partial charge >= 0.3 is 6.03 Å². The van der Waals surface area contributed by atoms with Gasteiger partial charge in [-0.2, -0.15) is 5.10 Å². The average Bonchev–Trinajstić information content (AvgIpc) is 3.12. The summed E-state index contributed by atoms with van der Waals surface area (Å²) in [5.41, 5.74) is 4.09. The van der Waals surface area contributed by atoms with Crippen molar-refractivity contribution in [3.05, 3.63) is 65.9 Å². The molecule has 0 spiro atoms. The first-order valence-electron chi connectivity index (χ1n) is 9.58. The van der Waals surface area contributed by atoms with Crippen LogP contribution < -0.4 is 10.6 Å². The summed E-state index contributed by atoms with van der Waals surface area (Å²) in [6.45, 7) is 2.42. The van der Waals surface area contributed by atoms with Gasteiger partial charge in [0.15, 0.2) is 0 Å². The van der Waals surface area contributed by atoms with Crippen LogP contribution in [0.4, 0.5) is 4.79 Å². The molecule has 2 aromatic carbocycles. The van der Waals surface area contributed by atoms with Crippen molar-refractivity contribution in [3.63, 3.8) is 0 Å². The van der Waals surface area contributed by atoms with Crippen molar-refractivity contribution in [2.45, 2.75) is 24.9 Å². The second kappa shape index (κ2) is 8.96. The molecule has 2 heterocycles. The number of imide groups is 1. The standard InChI is InChI=1S/C22H21N5O2S/c1-14-7-8-18-16(11-14)17-13-24-27-21(20(17)25-18)30-10-9-19(28)26-22(29)23-12-15-5-3-2-4-6-15/h2-8,11,13,25H,9-10,12H2,1H3,(H2,23,26,28,29). The molecule has 2 aromatic heterocycles. The molecule has 7 nitrogen and oxygen atoms in total. The summed E-state index contributed by atoms with van der Waals surface area (Å²) in [6.07, 6.45) is 1.95. The van der Waals surface area contributed by atoms with Crippen LogP contribution in [0.15, 0.2) is 59.8 Å². The van der Waals surface area contributed by atoms with Crippen molar-refractivity contribution in [3.8, 4) is 0 Å². The number of amides is 3. The first-order valence-corrected chi connectivity index (χ1v) is 10.6. The van der Waals surface area contributed by atoms with Crippen LogP contribution in [-0.2, 0) is 11.3 Å². The Kier molecular flexibility index (Phi) is 5.94. The second-order valence-electron chi connectivity index (χ2n) is 6.93. The molecule has 0 aliphatic heterocycles. The Labute approximate surface area is 177 Å². The Balaban J connectivity index is 1.31. The minimum absolute atomic E-state index is 0.195. The summed E-state index contributed by atoms with van der Waals surface area (Å²) in [7, 11) is 0. The van der Waals surface area contributed by atoms with E-state index in [1.54, 1.807) is 6.20 Å². The van der Waals surface area contributed by atoms with Crippen LogP contribution in [0.1, 0.15) is 17.5 Å². The number of rotatable bonds is 6. The second-order valence-corrected chi connectivity index (χ2v) is 8.01. The quantitative estimate of drug-likeness (QED) is 0.411. The van der Waals surface area contributed by atoms with E-state index in [1.807, 2.05) is 36.4 Å². The smallest absolute Gasteiger partial charge is 0.321 e. The third kappa shape index (κ3) is 4.60. The Morgan fingerprint density at radius 1 is 1.10 bits per heavy atom. The normalized spacial score (nSPS) is 11.0. The van der Waals surface area contributed by atoms with Crippen molar-refractivity contribution in [1.82, 2.24) is 25.8 Å². The molecule has 0 fully saturated rings. The Morgan fingerprint density at radius 2 is 1.93 bits per heavy atom. The van der Waals surface area contributed by atoms with Gasteiger partial charge in [-0.1, -0.05) is 42.0 Å². The Morgan fingerprint density at radius 3 is 2.77 bits per heavy atom. The molecule has 4 rings (SSSR count). The van der Waals surface area contributed by atoms with Crippen LogP contribution in [0.5, 0.6) is 0 Å². The average molecular weight is 420 g/mol. The lowest BCUT2D eigenvalue weighted by Crippen LogP contribution is -2.39. The van der Waals surface area contributed by atoms with E-state index in [2.05, 4.69) is 44.9 Å². The predicted octanol–water partition coefficient (Wildman–Crippen LogP) is 3.93. The Bertz CT molecular complexity index is 1210. The molecule has 0 aliphatic carbocycles. The number of aromatic nitrogens is 3. The zero-order valence-corrected chi connectivity index (χ0v) is 17.3. The number of hydrogen-bond acceptors (Lipinski definition) is 5. The summed E-state index contributed by atoms with van der Waals surface area (Å²) < 4.78 is 0. The fourth-order valence-electron chi connectivity index (χ4n) is 3.17. The topological polar surface area (TPSA) is 99.8 Å². The lowest BCUT2D eigenvalue weighted by Gasteiger charge is -2.07. The summed E-state index contributed by atoms with van der Waals surface area (Å²) in [5.74, 6) is 0.153. The van der Waals surface area contributed by atoms with Crippen LogP contribution in [0.25, 0.3) is 21.8 Å². The van der Waals surface area contributed by atoms with E-state index in [9.17, 15) is 9.59 Å². The number of benzene rings is 2. The Hall–Kier alpha value is -3.39.